The SMILES string of the molecule is CC1(C)C(=O)CC1C(N)=O. The molecule has 1 aliphatic rings. The van der Waals surface area contributed by atoms with Crippen LogP contribution in [0.4, 0.5) is 0 Å². The van der Waals surface area contributed by atoms with Crippen molar-refractivity contribution >= 4 is 11.7 Å². The summed E-state index contributed by atoms with van der Waals surface area (Å²) in [5, 5.41) is 0. The lowest BCUT2D eigenvalue weighted by atomic mass is 9.61. The molecule has 1 saturated carbocycles. The number of rotatable bonds is 1. The van der Waals surface area contributed by atoms with Crippen LogP contribution < -0.4 is 5.73 Å². The minimum Gasteiger partial charge on any atom is -0.369 e. The van der Waals surface area contributed by atoms with Gasteiger partial charge in [-0.3, -0.25) is 9.59 Å². The zero-order valence-corrected chi connectivity index (χ0v) is 6.18. The number of amides is 1. The predicted octanol–water partition coefficient (Wildman–Crippen LogP) is 0.0869. The van der Waals surface area contributed by atoms with Gasteiger partial charge in [-0.05, 0) is 0 Å². The summed E-state index contributed by atoms with van der Waals surface area (Å²) in [5.41, 5.74) is 4.55. The number of carbonyl (C=O) groups is 2. The molecule has 3 heteroatoms. The Hall–Kier alpha value is -0.860. The second-order valence-electron chi connectivity index (χ2n) is 3.30. The number of carbonyl (C=O) groups excluding carboxylic acids is 2. The fraction of sp³-hybridized carbons (Fsp3) is 0.714. The molecule has 56 valence electrons. The molecule has 0 aliphatic heterocycles. The van der Waals surface area contributed by atoms with Gasteiger partial charge in [-0.1, -0.05) is 13.8 Å². The van der Waals surface area contributed by atoms with Gasteiger partial charge in [0.15, 0.2) is 0 Å². The lowest BCUT2D eigenvalue weighted by Gasteiger charge is -2.40. The molecule has 0 aromatic heterocycles. The van der Waals surface area contributed by atoms with Gasteiger partial charge in [-0.2, -0.15) is 0 Å². The van der Waals surface area contributed by atoms with Crippen LogP contribution in [-0.4, -0.2) is 11.7 Å². The average molecular weight is 141 g/mol. The first-order chi connectivity index (χ1) is 4.46. The summed E-state index contributed by atoms with van der Waals surface area (Å²) in [4.78, 5) is 21.5. The van der Waals surface area contributed by atoms with E-state index in [1.165, 1.54) is 0 Å². The molecule has 0 saturated heterocycles. The van der Waals surface area contributed by atoms with Gasteiger partial charge in [0.2, 0.25) is 5.91 Å². The van der Waals surface area contributed by atoms with Crippen molar-refractivity contribution in [3.8, 4) is 0 Å². The Morgan fingerprint density at radius 3 is 2.30 bits per heavy atom. The Labute approximate surface area is 59.6 Å². The van der Waals surface area contributed by atoms with Crippen molar-refractivity contribution in [1.82, 2.24) is 0 Å². The molecule has 0 heterocycles. The maximum Gasteiger partial charge on any atom is 0.221 e. The highest BCUT2D eigenvalue weighted by atomic mass is 16.2. The lowest BCUT2D eigenvalue weighted by molar-refractivity contribution is -0.150. The van der Waals surface area contributed by atoms with Gasteiger partial charge in [0.05, 0.1) is 5.92 Å². The Morgan fingerprint density at radius 1 is 1.70 bits per heavy atom. The first-order valence-electron chi connectivity index (χ1n) is 3.29. The minimum atomic E-state index is -0.494. The largest absolute Gasteiger partial charge is 0.369 e. The van der Waals surface area contributed by atoms with Crippen molar-refractivity contribution in [2.75, 3.05) is 0 Å². The first-order valence-corrected chi connectivity index (χ1v) is 3.29. The van der Waals surface area contributed by atoms with Crippen molar-refractivity contribution in [3.63, 3.8) is 0 Å². The third-order valence-electron chi connectivity index (χ3n) is 2.32. The van der Waals surface area contributed by atoms with Crippen molar-refractivity contribution in [2.45, 2.75) is 20.3 Å². The lowest BCUT2D eigenvalue weighted by Crippen LogP contribution is -2.51. The molecular formula is C7H11NO2. The molecule has 1 amide bonds. The molecule has 0 aromatic carbocycles. The third kappa shape index (κ3) is 0.735. The van der Waals surface area contributed by atoms with E-state index in [4.69, 9.17) is 5.73 Å². The second-order valence-corrected chi connectivity index (χ2v) is 3.30. The van der Waals surface area contributed by atoms with E-state index in [2.05, 4.69) is 0 Å². The number of nitrogens with two attached hydrogens (primary N) is 1. The van der Waals surface area contributed by atoms with E-state index in [9.17, 15) is 9.59 Å². The fourth-order valence-corrected chi connectivity index (χ4v) is 1.22. The van der Waals surface area contributed by atoms with E-state index >= 15 is 0 Å². The van der Waals surface area contributed by atoms with Gasteiger partial charge in [-0.25, -0.2) is 0 Å². The fourth-order valence-electron chi connectivity index (χ4n) is 1.22. The van der Waals surface area contributed by atoms with Crippen LogP contribution in [0.3, 0.4) is 0 Å². The summed E-state index contributed by atoms with van der Waals surface area (Å²) in [5.74, 6) is -0.457. The molecule has 1 fully saturated rings. The van der Waals surface area contributed by atoms with Crippen LogP contribution >= 0.6 is 0 Å². The Morgan fingerprint density at radius 2 is 2.20 bits per heavy atom. The summed E-state index contributed by atoms with van der Waals surface area (Å²) in [6, 6.07) is 0. The van der Waals surface area contributed by atoms with Crippen LogP contribution in [0, 0.1) is 11.3 Å². The predicted molar refractivity (Wildman–Crippen MR) is 36.1 cm³/mol. The number of ketones is 1. The molecular weight excluding hydrogens is 130 g/mol. The summed E-state index contributed by atoms with van der Waals surface area (Å²) in [7, 11) is 0. The molecule has 0 radical (unpaired) electrons. The highest BCUT2D eigenvalue weighted by Crippen LogP contribution is 2.41. The van der Waals surface area contributed by atoms with E-state index in [1.54, 1.807) is 13.8 Å². The molecule has 0 bridgehead atoms. The Bertz CT molecular complexity index is 196. The molecule has 1 aliphatic carbocycles. The van der Waals surface area contributed by atoms with Crippen molar-refractivity contribution in [2.24, 2.45) is 17.1 Å². The van der Waals surface area contributed by atoms with E-state index in [-0.39, 0.29) is 17.6 Å². The van der Waals surface area contributed by atoms with Crippen molar-refractivity contribution < 1.29 is 9.59 Å². The highest BCUT2D eigenvalue weighted by Gasteiger charge is 2.50. The van der Waals surface area contributed by atoms with E-state index < -0.39 is 5.41 Å². The molecule has 3 nitrogen and oxygen atoms in total. The van der Waals surface area contributed by atoms with Gasteiger partial charge in [0, 0.05) is 11.8 Å². The minimum absolute atomic E-state index is 0.135. The highest BCUT2D eigenvalue weighted by molar-refractivity contribution is 6.00. The quantitative estimate of drug-likeness (QED) is 0.562. The summed E-state index contributed by atoms with van der Waals surface area (Å²) in [6.07, 6.45) is 0.336. The van der Waals surface area contributed by atoms with Crippen molar-refractivity contribution in [3.05, 3.63) is 0 Å². The average Bonchev–Trinajstić information content (AvgIpc) is 1.82. The van der Waals surface area contributed by atoms with Crippen LogP contribution in [-0.2, 0) is 9.59 Å². The van der Waals surface area contributed by atoms with Gasteiger partial charge in [0.1, 0.15) is 5.78 Å². The van der Waals surface area contributed by atoms with Crippen LogP contribution in [0.5, 0.6) is 0 Å². The standard InChI is InChI=1S/C7H11NO2/c1-7(2)4(6(8)10)3-5(7)9/h4H,3H2,1-2H3,(H2,8,10). The molecule has 10 heavy (non-hydrogen) atoms. The smallest absolute Gasteiger partial charge is 0.221 e. The van der Waals surface area contributed by atoms with Crippen LogP contribution in [0.15, 0.2) is 0 Å². The monoisotopic (exact) mass is 141 g/mol. The number of hydrogen-bond acceptors (Lipinski definition) is 2. The van der Waals surface area contributed by atoms with E-state index in [0.717, 1.165) is 0 Å². The molecule has 1 atom stereocenters. The summed E-state index contributed by atoms with van der Waals surface area (Å²) < 4.78 is 0. The molecule has 0 aromatic rings. The number of primary amides is 1. The summed E-state index contributed by atoms with van der Waals surface area (Å²) >= 11 is 0. The maximum atomic E-state index is 10.9. The number of Topliss-reactive ketones (excluding diaryl/α,β-unsaturated/α-hetero) is 1. The molecule has 1 unspecified atom stereocenters. The first kappa shape index (κ1) is 7.25. The molecule has 2 N–H and O–H groups in total. The normalized spacial score (nSPS) is 29.4. The second kappa shape index (κ2) is 1.81. The van der Waals surface area contributed by atoms with Crippen LogP contribution in [0.25, 0.3) is 0 Å². The van der Waals surface area contributed by atoms with E-state index in [0.29, 0.717) is 6.42 Å². The van der Waals surface area contributed by atoms with Crippen molar-refractivity contribution in [1.29, 1.82) is 0 Å². The van der Waals surface area contributed by atoms with Crippen LogP contribution in [0.2, 0.25) is 0 Å². The van der Waals surface area contributed by atoms with Crippen LogP contribution in [0.1, 0.15) is 20.3 Å². The van der Waals surface area contributed by atoms with Gasteiger partial charge in [-0.15, -0.1) is 0 Å². The topological polar surface area (TPSA) is 60.2 Å². The zero-order valence-electron chi connectivity index (χ0n) is 6.18. The van der Waals surface area contributed by atoms with Gasteiger partial charge in [0.25, 0.3) is 0 Å². The van der Waals surface area contributed by atoms with Gasteiger partial charge < -0.3 is 5.73 Å². The number of hydrogen-bond donors (Lipinski definition) is 1. The molecule has 1 rings (SSSR count). The van der Waals surface area contributed by atoms with E-state index in [1.807, 2.05) is 0 Å². The van der Waals surface area contributed by atoms with Gasteiger partial charge >= 0.3 is 0 Å². The third-order valence-corrected chi connectivity index (χ3v) is 2.32. The Balaban J connectivity index is 2.72. The maximum absolute atomic E-state index is 10.9. The Kier molecular flexibility index (Phi) is 1.31. The molecule has 0 spiro atoms. The summed E-state index contributed by atoms with van der Waals surface area (Å²) in [6.45, 7) is 3.52. The zero-order chi connectivity index (χ0) is 7.94.